The van der Waals surface area contributed by atoms with Crippen molar-refractivity contribution in [3.05, 3.63) is 12.2 Å². The molecular formula is C13H24O4. The van der Waals surface area contributed by atoms with Crippen LogP contribution >= 0.6 is 0 Å². The molecule has 1 aliphatic heterocycles. The Bertz CT molecular complexity index is 211. The summed E-state index contributed by atoms with van der Waals surface area (Å²) in [7, 11) is 0. The first kappa shape index (κ1) is 14.6. The molecule has 0 unspecified atom stereocenters. The van der Waals surface area contributed by atoms with Crippen LogP contribution in [0.4, 0.5) is 0 Å². The second kappa shape index (κ2) is 8.64. The standard InChI is InChI=1S/C13H24O4/c1-3-15-10-17-13(9-11(2)6-7-14)12-5-4-8-16-12/h12-14H,2-10H2,1H3/t12-,13+/m0/s1. The van der Waals surface area contributed by atoms with Gasteiger partial charge in [0.15, 0.2) is 0 Å². The maximum absolute atomic E-state index is 8.87. The molecule has 0 aliphatic carbocycles. The molecule has 1 saturated heterocycles. The highest BCUT2D eigenvalue weighted by molar-refractivity contribution is 4.98. The Kier molecular flexibility index (Phi) is 7.44. The Morgan fingerprint density at radius 1 is 1.59 bits per heavy atom. The predicted molar refractivity (Wildman–Crippen MR) is 65.8 cm³/mol. The van der Waals surface area contributed by atoms with Gasteiger partial charge in [-0.2, -0.15) is 0 Å². The van der Waals surface area contributed by atoms with Crippen LogP contribution < -0.4 is 0 Å². The lowest BCUT2D eigenvalue weighted by atomic mass is 10.0. The average molecular weight is 244 g/mol. The Labute approximate surface area is 104 Å². The minimum Gasteiger partial charge on any atom is -0.396 e. The summed E-state index contributed by atoms with van der Waals surface area (Å²) in [6.07, 6.45) is 3.63. The van der Waals surface area contributed by atoms with Gasteiger partial charge in [-0.05, 0) is 32.6 Å². The van der Waals surface area contributed by atoms with Crippen LogP contribution in [0.2, 0.25) is 0 Å². The largest absolute Gasteiger partial charge is 0.396 e. The van der Waals surface area contributed by atoms with Crippen LogP contribution in [0.15, 0.2) is 12.2 Å². The van der Waals surface area contributed by atoms with Gasteiger partial charge in [0.1, 0.15) is 6.79 Å². The Hall–Kier alpha value is -0.420. The van der Waals surface area contributed by atoms with Crippen LogP contribution in [0, 0.1) is 0 Å². The summed E-state index contributed by atoms with van der Waals surface area (Å²) in [5.41, 5.74) is 1.00. The molecule has 0 aromatic rings. The second-order valence-corrected chi connectivity index (χ2v) is 4.29. The van der Waals surface area contributed by atoms with Gasteiger partial charge in [-0.15, -0.1) is 0 Å². The highest BCUT2D eigenvalue weighted by atomic mass is 16.7. The number of ether oxygens (including phenoxy) is 3. The third-order valence-electron chi connectivity index (χ3n) is 2.90. The zero-order chi connectivity index (χ0) is 12.5. The fourth-order valence-electron chi connectivity index (χ4n) is 1.96. The van der Waals surface area contributed by atoms with Crippen LogP contribution in [-0.4, -0.2) is 43.9 Å². The van der Waals surface area contributed by atoms with Gasteiger partial charge in [-0.25, -0.2) is 0 Å². The van der Waals surface area contributed by atoms with Crippen molar-refractivity contribution in [2.75, 3.05) is 26.6 Å². The van der Waals surface area contributed by atoms with E-state index in [4.69, 9.17) is 19.3 Å². The number of aliphatic hydroxyl groups excluding tert-OH is 1. The molecule has 0 amide bonds. The van der Waals surface area contributed by atoms with Gasteiger partial charge in [0.25, 0.3) is 0 Å². The molecule has 1 rings (SSSR count). The number of hydrogen-bond acceptors (Lipinski definition) is 4. The van der Waals surface area contributed by atoms with Crippen LogP contribution in [0.25, 0.3) is 0 Å². The molecule has 0 aromatic heterocycles. The third kappa shape index (κ3) is 5.64. The van der Waals surface area contributed by atoms with Gasteiger partial charge in [0.2, 0.25) is 0 Å². The van der Waals surface area contributed by atoms with Crippen molar-refractivity contribution in [3.8, 4) is 0 Å². The molecule has 1 aliphatic rings. The van der Waals surface area contributed by atoms with Gasteiger partial charge in [0.05, 0.1) is 12.2 Å². The summed E-state index contributed by atoms with van der Waals surface area (Å²) >= 11 is 0. The summed E-state index contributed by atoms with van der Waals surface area (Å²) in [5, 5.41) is 8.87. The zero-order valence-electron chi connectivity index (χ0n) is 10.7. The molecule has 1 fully saturated rings. The lowest BCUT2D eigenvalue weighted by Gasteiger charge is -2.24. The Balaban J connectivity index is 2.37. The Morgan fingerprint density at radius 2 is 2.41 bits per heavy atom. The monoisotopic (exact) mass is 244 g/mol. The lowest BCUT2D eigenvalue weighted by molar-refractivity contribution is -0.124. The molecule has 2 atom stereocenters. The first-order valence-corrected chi connectivity index (χ1v) is 6.36. The van der Waals surface area contributed by atoms with Crippen LogP contribution in [-0.2, 0) is 14.2 Å². The summed E-state index contributed by atoms with van der Waals surface area (Å²) in [4.78, 5) is 0. The molecule has 0 spiro atoms. The molecule has 1 N–H and O–H groups in total. The van der Waals surface area contributed by atoms with Crippen LogP contribution in [0.5, 0.6) is 0 Å². The van der Waals surface area contributed by atoms with Gasteiger partial charge in [-0.3, -0.25) is 0 Å². The highest BCUT2D eigenvalue weighted by Crippen LogP contribution is 2.23. The molecule has 0 radical (unpaired) electrons. The van der Waals surface area contributed by atoms with E-state index in [2.05, 4.69) is 6.58 Å². The minimum absolute atomic E-state index is 0.00287. The van der Waals surface area contributed by atoms with Crippen molar-refractivity contribution < 1.29 is 19.3 Å². The van der Waals surface area contributed by atoms with E-state index >= 15 is 0 Å². The van der Waals surface area contributed by atoms with E-state index < -0.39 is 0 Å². The number of hydrogen-bond donors (Lipinski definition) is 1. The first-order valence-electron chi connectivity index (χ1n) is 6.36. The summed E-state index contributed by atoms with van der Waals surface area (Å²) in [5.74, 6) is 0. The molecule has 0 saturated carbocycles. The van der Waals surface area contributed by atoms with E-state index in [0.717, 1.165) is 31.4 Å². The van der Waals surface area contributed by atoms with Crippen molar-refractivity contribution in [2.45, 2.75) is 44.8 Å². The summed E-state index contributed by atoms with van der Waals surface area (Å²) in [6.45, 7) is 7.79. The predicted octanol–water partition coefficient (Wildman–Crippen LogP) is 1.87. The quantitative estimate of drug-likeness (QED) is 0.382. The third-order valence-corrected chi connectivity index (χ3v) is 2.90. The summed E-state index contributed by atoms with van der Waals surface area (Å²) < 4.78 is 16.5. The van der Waals surface area contributed by atoms with E-state index in [-0.39, 0.29) is 18.8 Å². The van der Waals surface area contributed by atoms with E-state index in [1.54, 1.807) is 0 Å². The SMILES string of the molecule is C=C(CCO)C[C@@H](OCOCC)[C@@H]1CCCO1. The van der Waals surface area contributed by atoms with Gasteiger partial charge in [0, 0.05) is 19.8 Å². The van der Waals surface area contributed by atoms with Gasteiger partial charge >= 0.3 is 0 Å². The minimum atomic E-state index is 0.00287. The van der Waals surface area contributed by atoms with E-state index in [1.165, 1.54) is 0 Å². The van der Waals surface area contributed by atoms with Crippen molar-refractivity contribution in [1.29, 1.82) is 0 Å². The smallest absolute Gasteiger partial charge is 0.147 e. The molecule has 4 nitrogen and oxygen atoms in total. The highest BCUT2D eigenvalue weighted by Gasteiger charge is 2.27. The topological polar surface area (TPSA) is 47.9 Å². The van der Waals surface area contributed by atoms with Gasteiger partial charge in [-0.1, -0.05) is 12.2 Å². The van der Waals surface area contributed by atoms with Crippen molar-refractivity contribution >= 4 is 0 Å². The molecule has 17 heavy (non-hydrogen) atoms. The number of rotatable bonds is 9. The maximum Gasteiger partial charge on any atom is 0.147 e. The number of aliphatic hydroxyl groups is 1. The van der Waals surface area contributed by atoms with E-state index in [9.17, 15) is 0 Å². The summed E-state index contributed by atoms with van der Waals surface area (Å²) in [6, 6.07) is 0. The molecule has 1 heterocycles. The van der Waals surface area contributed by atoms with Crippen molar-refractivity contribution in [3.63, 3.8) is 0 Å². The van der Waals surface area contributed by atoms with E-state index in [0.29, 0.717) is 19.8 Å². The Morgan fingerprint density at radius 3 is 3.00 bits per heavy atom. The lowest BCUT2D eigenvalue weighted by Crippen LogP contribution is -2.30. The normalized spacial score (nSPS) is 21.6. The fourth-order valence-corrected chi connectivity index (χ4v) is 1.96. The van der Waals surface area contributed by atoms with Crippen molar-refractivity contribution in [2.24, 2.45) is 0 Å². The second-order valence-electron chi connectivity index (χ2n) is 4.29. The molecule has 4 heteroatoms. The van der Waals surface area contributed by atoms with Crippen LogP contribution in [0.3, 0.4) is 0 Å². The van der Waals surface area contributed by atoms with Gasteiger partial charge < -0.3 is 19.3 Å². The first-order chi connectivity index (χ1) is 8.27. The van der Waals surface area contributed by atoms with E-state index in [1.807, 2.05) is 6.92 Å². The maximum atomic E-state index is 8.87. The fraction of sp³-hybridized carbons (Fsp3) is 0.846. The molecule has 0 bridgehead atoms. The van der Waals surface area contributed by atoms with Crippen LogP contribution in [0.1, 0.15) is 32.6 Å². The molecule has 100 valence electrons. The average Bonchev–Trinajstić information content (AvgIpc) is 2.81. The molecular weight excluding hydrogens is 220 g/mol. The molecule has 0 aromatic carbocycles. The zero-order valence-corrected chi connectivity index (χ0v) is 10.7. The van der Waals surface area contributed by atoms with Crippen molar-refractivity contribution in [1.82, 2.24) is 0 Å².